The maximum atomic E-state index is 12.8. The molecule has 1 aliphatic carbocycles. The van der Waals surface area contributed by atoms with E-state index in [4.69, 9.17) is 9.47 Å². The number of nitrogens with one attached hydrogen (secondary N) is 1. The Morgan fingerprint density at radius 1 is 1.00 bits per heavy atom. The van der Waals surface area contributed by atoms with E-state index in [1.807, 2.05) is 30.3 Å². The topological polar surface area (TPSA) is 64.6 Å². The molecule has 1 fully saturated rings. The van der Waals surface area contributed by atoms with E-state index in [1.54, 1.807) is 6.07 Å². The summed E-state index contributed by atoms with van der Waals surface area (Å²) in [7, 11) is -0.654. The fraction of sp³-hybridized carbons (Fsp3) is 0.333. The van der Waals surface area contributed by atoms with E-state index in [-0.39, 0.29) is 10.9 Å². The quantitative estimate of drug-likeness (QED) is 0.836. The minimum atomic E-state index is -3.66. The van der Waals surface area contributed by atoms with Crippen LogP contribution in [-0.2, 0) is 10.0 Å². The van der Waals surface area contributed by atoms with E-state index in [0.29, 0.717) is 17.4 Å². The molecule has 0 radical (unpaired) electrons. The SMILES string of the molecule is COc1ccc(S(=O)(=O)NC(c2ccccc2)C2CC2)cc1OC. The first-order chi connectivity index (χ1) is 11.5. The van der Waals surface area contributed by atoms with Crippen LogP contribution in [0.4, 0.5) is 0 Å². The van der Waals surface area contributed by atoms with Crippen LogP contribution in [-0.4, -0.2) is 22.6 Å². The molecule has 1 unspecified atom stereocenters. The van der Waals surface area contributed by atoms with Gasteiger partial charge in [-0.25, -0.2) is 13.1 Å². The van der Waals surface area contributed by atoms with Crippen LogP contribution in [0.2, 0.25) is 0 Å². The van der Waals surface area contributed by atoms with Crippen LogP contribution in [0, 0.1) is 5.92 Å². The van der Waals surface area contributed by atoms with Crippen molar-refractivity contribution in [1.29, 1.82) is 0 Å². The number of hydrogen-bond acceptors (Lipinski definition) is 4. The zero-order chi connectivity index (χ0) is 17.2. The third-order valence-electron chi connectivity index (χ3n) is 4.20. The molecule has 5 nitrogen and oxygen atoms in total. The van der Waals surface area contributed by atoms with E-state index >= 15 is 0 Å². The molecule has 2 aromatic carbocycles. The Labute approximate surface area is 142 Å². The fourth-order valence-electron chi connectivity index (χ4n) is 2.75. The second-order valence-corrected chi connectivity index (χ2v) is 7.58. The van der Waals surface area contributed by atoms with Gasteiger partial charge < -0.3 is 9.47 Å². The Balaban J connectivity index is 1.90. The van der Waals surface area contributed by atoms with Gasteiger partial charge in [0.05, 0.1) is 19.1 Å². The summed E-state index contributed by atoms with van der Waals surface area (Å²) in [5.41, 5.74) is 0.990. The van der Waals surface area contributed by atoms with Crippen molar-refractivity contribution in [3.63, 3.8) is 0 Å². The maximum absolute atomic E-state index is 12.8. The van der Waals surface area contributed by atoms with Crippen molar-refractivity contribution < 1.29 is 17.9 Å². The van der Waals surface area contributed by atoms with Crippen molar-refractivity contribution in [3.05, 3.63) is 54.1 Å². The Morgan fingerprint density at radius 2 is 1.67 bits per heavy atom. The molecule has 0 saturated heterocycles. The Kier molecular flexibility index (Phi) is 4.78. The molecule has 1 aliphatic rings. The van der Waals surface area contributed by atoms with Gasteiger partial charge in [-0.05, 0) is 36.5 Å². The number of hydrogen-bond donors (Lipinski definition) is 1. The molecule has 1 N–H and O–H groups in total. The third kappa shape index (κ3) is 3.55. The number of rotatable bonds is 7. The molecule has 0 aliphatic heterocycles. The smallest absolute Gasteiger partial charge is 0.241 e. The molecule has 1 atom stereocenters. The van der Waals surface area contributed by atoms with Gasteiger partial charge in [-0.1, -0.05) is 30.3 Å². The normalized spacial score (nSPS) is 15.8. The fourth-order valence-corrected chi connectivity index (χ4v) is 4.05. The average molecular weight is 347 g/mol. The molecule has 0 heterocycles. The zero-order valence-corrected chi connectivity index (χ0v) is 14.5. The minimum absolute atomic E-state index is 0.168. The second kappa shape index (κ2) is 6.83. The molecule has 0 spiro atoms. The molecule has 3 rings (SSSR count). The van der Waals surface area contributed by atoms with Crippen molar-refractivity contribution in [3.8, 4) is 11.5 Å². The highest BCUT2D eigenvalue weighted by molar-refractivity contribution is 7.89. The van der Waals surface area contributed by atoms with Gasteiger partial charge in [0, 0.05) is 12.1 Å². The molecule has 1 saturated carbocycles. The lowest BCUT2D eigenvalue weighted by Crippen LogP contribution is -2.30. The molecule has 2 aromatic rings. The largest absolute Gasteiger partial charge is 0.493 e. The average Bonchev–Trinajstić information content (AvgIpc) is 3.44. The van der Waals surface area contributed by atoms with Gasteiger partial charge in [-0.3, -0.25) is 0 Å². The predicted octanol–water partition coefficient (Wildman–Crippen LogP) is 3.13. The van der Waals surface area contributed by atoms with E-state index in [9.17, 15) is 8.42 Å². The summed E-state index contributed by atoms with van der Waals surface area (Å²) in [6, 6.07) is 14.1. The first-order valence-corrected chi connectivity index (χ1v) is 9.33. The summed E-state index contributed by atoms with van der Waals surface area (Å²) in [6.07, 6.45) is 2.07. The van der Waals surface area contributed by atoms with Gasteiger partial charge in [-0.2, -0.15) is 0 Å². The highest BCUT2D eigenvalue weighted by Crippen LogP contribution is 2.42. The van der Waals surface area contributed by atoms with Crippen LogP contribution < -0.4 is 14.2 Å². The number of methoxy groups -OCH3 is 2. The third-order valence-corrected chi connectivity index (χ3v) is 5.64. The molecular weight excluding hydrogens is 326 g/mol. The van der Waals surface area contributed by atoms with Crippen LogP contribution in [0.15, 0.2) is 53.4 Å². The minimum Gasteiger partial charge on any atom is -0.493 e. The summed E-state index contributed by atoms with van der Waals surface area (Å²) >= 11 is 0. The van der Waals surface area contributed by atoms with Crippen molar-refractivity contribution in [2.75, 3.05) is 14.2 Å². The monoisotopic (exact) mass is 347 g/mol. The van der Waals surface area contributed by atoms with Crippen LogP contribution in [0.3, 0.4) is 0 Å². The van der Waals surface area contributed by atoms with Crippen LogP contribution in [0.1, 0.15) is 24.4 Å². The number of sulfonamides is 1. The highest BCUT2D eigenvalue weighted by Gasteiger charge is 2.35. The van der Waals surface area contributed by atoms with Gasteiger partial charge >= 0.3 is 0 Å². The van der Waals surface area contributed by atoms with Gasteiger partial charge in [0.1, 0.15) is 0 Å². The molecule has 24 heavy (non-hydrogen) atoms. The Hall–Kier alpha value is -2.05. The van der Waals surface area contributed by atoms with E-state index in [2.05, 4.69) is 4.72 Å². The molecule has 6 heteroatoms. The van der Waals surface area contributed by atoms with E-state index < -0.39 is 10.0 Å². The van der Waals surface area contributed by atoms with Gasteiger partial charge in [-0.15, -0.1) is 0 Å². The first kappa shape index (κ1) is 16.8. The Bertz CT molecular complexity index is 801. The predicted molar refractivity (Wildman–Crippen MR) is 91.8 cm³/mol. The summed E-state index contributed by atoms with van der Waals surface area (Å²) in [6.45, 7) is 0. The molecule has 0 bridgehead atoms. The summed E-state index contributed by atoms with van der Waals surface area (Å²) in [4.78, 5) is 0.168. The van der Waals surface area contributed by atoms with Gasteiger partial charge in [0.15, 0.2) is 11.5 Å². The highest BCUT2D eigenvalue weighted by atomic mass is 32.2. The van der Waals surface area contributed by atoms with E-state index in [1.165, 1.54) is 26.4 Å². The summed E-state index contributed by atoms with van der Waals surface area (Å²) in [5.74, 6) is 1.24. The summed E-state index contributed by atoms with van der Waals surface area (Å²) in [5, 5.41) is 0. The molecule has 0 aromatic heterocycles. The standard InChI is InChI=1S/C18H21NO4S/c1-22-16-11-10-15(12-17(16)23-2)24(20,21)19-18(14-8-9-14)13-6-4-3-5-7-13/h3-7,10-12,14,18-19H,8-9H2,1-2H3. The number of ether oxygens (including phenoxy) is 2. The number of benzene rings is 2. The second-order valence-electron chi connectivity index (χ2n) is 5.86. The van der Waals surface area contributed by atoms with Crippen molar-refractivity contribution >= 4 is 10.0 Å². The summed E-state index contributed by atoms with van der Waals surface area (Å²) < 4.78 is 38.8. The lowest BCUT2D eigenvalue weighted by Gasteiger charge is -2.19. The molecule has 0 amide bonds. The van der Waals surface area contributed by atoms with Crippen molar-refractivity contribution in [2.24, 2.45) is 5.92 Å². The Morgan fingerprint density at radius 3 is 2.25 bits per heavy atom. The lowest BCUT2D eigenvalue weighted by atomic mass is 10.0. The van der Waals surface area contributed by atoms with Crippen molar-refractivity contribution in [2.45, 2.75) is 23.8 Å². The maximum Gasteiger partial charge on any atom is 0.241 e. The van der Waals surface area contributed by atoms with Crippen molar-refractivity contribution in [1.82, 2.24) is 4.72 Å². The van der Waals surface area contributed by atoms with Crippen LogP contribution in [0.5, 0.6) is 11.5 Å². The van der Waals surface area contributed by atoms with Crippen LogP contribution in [0.25, 0.3) is 0 Å². The van der Waals surface area contributed by atoms with E-state index in [0.717, 1.165) is 18.4 Å². The first-order valence-electron chi connectivity index (χ1n) is 7.84. The molecule has 128 valence electrons. The molecular formula is C18H21NO4S. The zero-order valence-electron chi connectivity index (χ0n) is 13.7. The van der Waals surface area contributed by atoms with Gasteiger partial charge in [0.2, 0.25) is 10.0 Å². The van der Waals surface area contributed by atoms with Crippen LogP contribution >= 0.6 is 0 Å². The lowest BCUT2D eigenvalue weighted by molar-refractivity contribution is 0.354. The van der Waals surface area contributed by atoms with Gasteiger partial charge in [0.25, 0.3) is 0 Å².